The molecule has 5 heteroatoms. The summed E-state index contributed by atoms with van der Waals surface area (Å²) in [4.78, 5) is 0.334. The van der Waals surface area contributed by atoms with Gasteiger partial charge < -0.3 is 5.32 Å². The maximum absolute atomic E-state index is 12.0. The van der Waals surface area contributed by atoms with Crippen molar-refractivity contribution in [2.75, 3.05) is 20.6 Å². The molecule has 1 aromatic carbocycles. The topological polar surface area (TPSA) is 49.4 Å². The Morgan fingerprint density at radius 3 is 2.10 bits per heavy atom. The Balaban J connectivity index is 2.72. The van der Waals surface area contributed by atoms with Crippen molar-refractivity contribution in [3.05, 3.63) is 29.8 Å². The number of nitrogens with one attached hydrogen (secondary N) is 1. The van der Waals surface area contributed by atoms with Crippen molar-refractivity contribution in [1.29, 1.82) is 0 Å². The zero-order valence-electron chi connectivity index (χ0n) is 13.1. The van der Waals surface area contributed by atoms with Crippen LogP contribution in [0, 0.1) is 5.92 Å². The normalized spacial score (nSPS) is 13.9. The van der Waals surface area contributed by atoms with E-state index in [2.05, 4.69) is 26.1 Å². The van der Waals surface area contributed by atoms with Gasteiger partial charge in [0.15, 0.2) is 0 Å². The van der Waals surface area contributed by atoms with Gasteiger partial charge in [0.25, 0.3) is 0 Å². The fourth-order valence-corrected chi connectivity index (χ4v) is 2.75. The first-order chi connectivity index (χ1) is 9.25. The van der Waals surface area contributed by atoms with Crippen LogP contribution in [0.3, 0.4) is 0 Å². The van der Waals surface area contributed by atoms with Crippen molar-refractivity contribution in [1.82, 2.24) is 9.62 Å². The molecule has 0 saturated carbocycles. The van der Waals surface area contributed by atoms with Gasteiger partial charge >= 0.3 is 0 Å². The first kappa shape index (κ1) is 17.1. The number of hydrogen-bond acceptors (Lipinski definition) is 3. The average molecular weight is 298 g/mol. The van der Waals surface area contributed by atoms with Crippen molar-refractivity contribution in [3.8, 4) is 0 Å². The van der Waals surface area contributed by atoms with Crippen molar-refractivity contribution in [2.24, 2.45) is 5.92 Å². The van der Waals surface area contributed by atoms with E-state index in [4.69, 9.17) is 0 Å². The Bertz CT molecular complexity index is 507. The van der Waals surface area contributed by atoms with Crippen molar-refractivity contribution in [2.45, 2.75) is 38.1 Å². The monoisotopic (exact) mass is 298 g/mol. The van der Waals surface area contributed by atoms with E-state index in [9.17, 15) is 8.42 Å². The summed E-state index contributed by atoms with van der Waals surface area (Å²) in [6, 6.07) is 7.33. The highest BCUT2D eigenvalue weighted by Gasteiger charge is 2.17. The third-order valence-corrected chi connectivity index (χ3v) is 5.16. The Labute approximate surface area is 123 Å². The molecule has 0 fully saturated rings. The van der Waals surface area contributed by atoms with Crippen molar-refractivity contribution >= 4 is 10.0 Å². The van der Waals surface area contributed by atoms with Gasteiger partial charge in [0, 0.05) is 20.1 Å². The number of benzene rings is 1. The molecule has 1 unspecified atom stereocenters. The molecule has 0 amide bonds. The number of hydrogen-bond donors (Lipinski definition) is 1. The van der Waals surface area contributed by atoms with E-state index in [0.717, 1.165) is 18.5 Å². The van der Waals surface area contributed by atoms with Gasteiger partial charge in [-0.15, -0.1) is 0 Å². The average Bonchev–Trinajstić information content (AvgIpc) is 2.38. The summed E-state index contributed by atoms with van der Waals surface area (Å²) in [5.41, 5.74) is 1.10. The van der Waals surface area contributed by atoms with E-state index >= 15 is 0 Å². The Kier molecular flexibility index (Phi) is 6.17. The van der Waals surface area contributed by atoms with Gasteiger partial charge in [-0.05, 0) is 43.5 Å². The van der Waals surface area contributed by atoms with E-state index in [1.165, 1.54) is 4.31 Å². The van der Waals surface area contributed by atoms with Gasteiger partial charge in [-0.1, -0.05) is 26.0 Å². The molecule has 20 heavy (non-hydrogen) atoms. The van der Waals surface area contributed by atoms with E-state index in [1.54, 1.807) is 26.2 Å². The summed E-state index contributed by atoms with van der Waals surface area (Å²) in [5.74, 6) is 0.683. The van der Waals surface area contributed by atoms with Crippen molar-refractivity contribution < 1.29 is 8.42 Å². The minimum atomic E-state index is -3.33. The van der Waals surface area contributed by atoms with Gasteiger partial charge in [-0.2, -0.15) is 0 Å². The molecule has 0 aliphatic carbocycles. The SMILES string of the molecule is CC(C)CCNC(C)c1ccc(S(=O)(=O)N(C)C)cc1. The largest absolute Gasteiger partial charge is 0.310 e. The third kappa shape index (κ3) is 4.58. The highest BCUT2D eigenvalue weighted by atomic mass is 32.2. The number of nitrogens with zero attached hydrogens (tertiary/aromatic N) is 1. The van der Waals surface area contributed by atoms with Gasteiger partial charge in [-0.25, -0.2) is 12.7 Å². The predicted octanol–water partition coefficient (Wildman–Crippen LogP) is 2.63. The summed E-state index contributed by atoms with van der Waals surface area (Å²) < 4.78 is 25.2. The molecule has 4 nitrogen and oxygen atoms in total. The smallest absolute Gasteiger partial charge is 0.242 e. The van der Waals surface area contributed by atoms with Crippen LogP contribution in [-0.4, -0.2) is 33.4 Å². The molecule has 1 aromatic rings. The van der Waals surface area contributed by atoms with Crippen LogP contribution >= 0.6 is 0 Å². The van der Waals surface area contributed by atoms with Gasteiger partial charge in [0.1, 0.15) is 0 Å². The molecule has 0 aliphatic rings. The Hall–Kier alpha value is -0.910. The van der Waals surface area contributed by atoms with E-state index in [0.29, 0.717) is 10.8 Å². The molecule has 1 rings (SSSR count). The summed E-state index contributed by atoms with van der Waals surface area (Å²) >= 11 is 0. The fraction of sp³-hybridized carbons (Fsp3) is 0.600. The molecule has 0 heterocycles. The second-order valence-electron chi connectivity index (χ2n) is 5.71. The molecule has 1 atom stereocenters. The van der Waals surface area contributed by atoms with Crippen LogP contribution in [0.4, 0.5) is 0 Å². The molecule has 0 saturated heterocycles. The Morgan fingerprint density at radius 2 is 1.65 bits per heavy atom. The molecule has 0 bridgehead atoms. The fourth-order valence-electron chi connectivity index (χ4n) is 1.85. The van der Waals surface area contributed by atoms with Crippen LogP contribution in [0.5, 0.6) is 0 Å². The second kappa shape index (κ2) is 7.20. The standard InChI is InChI=1S/C15H26N2O2S/c1-12(2)10-11-16-13(3)14-6-8-15(9-7-14)20(18,19)17(4)5/h6-9,12-13,16H,10-11H2,1-5H3. The van der Waals surface area contributed by atoms with Crippen molar-refractivity contribution in [3.63, 3.8) is 0 Å². The summed E-state index contributed by atoms with van der Waals surface area (Å²) in [5, 5.41) is 3.45. The van der Waals surface area contributed by atoms with E-state index in [-0.39, 0.29) is 6.04 Å². The lowest BCUT2D eigenvalue weighted by molar-refractivity contribution is 0.496. The maximum atomic E-state index is 12.0. The lowest BCUT2D eigenvalue weighted by Gasteiger charge is -2.16. The molecule has 0 aromatic heterocycles. The first-order valence-corrected chi connectivity index (χ1v) is 8.45. The zero-order chi connectivity index (χ0) is 15.3. The van der Waals surface area contributed by atoms with E-state index < -0.39 is 10.0 Å². The Morgan fingerprint density at radius 1 is 1.10 bits per heavy atom. The van der Waals surface area contributed by atoms with Gasteiger partial charge in [-0.3, -0.25) is 0 Å². The summed E-state index contributed by atoms with van der Waals surface area (Å²) in [6.07, 6.45) is 1.14. The second-order valence-corrected chi connectivity index (χ2v) is 7.87. The molecule has 0 spiro atoms. The maximum Gasteiger partial charge on any atom is 0.242 e. The lowest BCUT2D eigenvalue weighted by Crippen LogP contribution is -2.23. The lowest BCUT2D eigenvalue weighted by atomic mass is 10.1. The van der Waals surface area contributed by atoms with Crippen LogP contribution < -0.4 is 5.32 Å². The quantitative estimate of drug-likeness (QED) is 0.842. The molecule has 0 radical (unpaired) electrons. The number of sulfonamides is 1. The minimum absolute atomic E-state index is 0.227. The van der Waals surface area contributed by atoms with Crippen LogP contribution in [0.25, 0.3) is 0 Å². The highest BCUT2D eigenvalue weighted by Crippen LogP contribution is 2.18. The minimum Gasteiger partial charge on any atom is -0.310 e. The van der Waals surface area contributed by atoms with Gasteiger partial charge in [0.05, 0.1) is 4.90 Å². The van der Waals surface area contributed by atoms with Crippen LogP contribution in [0.1, 0.15) is 38.8 Å². The molecule has 114 valence electrons. The van der Waals surface area contributed by atoms with Gasteiger partial charge in [0.2, 0.25) is 10.0 Å². The summed E-state index contributed by atoms with van der Waals surface area (Å²) in [7, 11) is -0.253. The van der Waals surface area contributed by atoms with Crippen LogP contribution in [-0.2, 0) is 10.0 Å². The molecule has 0 aliphatic heterocycles. The summed E-state index contributed by atoms with van der Waals surface area (Å²) in [6.45, 7) is 7.47. The molecule has 1 N–H and O–H groups in total. The van der Waals surface area contributed by atoms with Crippen LogP contribution in [0.15, 0.2) is 29.2 Å². The zero-order valence-corrected chi connectivity index (χ0v) is 13.9. The molecular formula is C15H26N2O2S. The predicted molar refractivity (Wildman–Crippen MR) is 83.2 cm³/mol. The molecular weight excluding hydrogens is 272 g/mol. The first-order valence-electron chi connectivity index (χ1n) is 7.01. The van der Waals surface area contributed by atoms with Crippen LogP contribution in [0.2, 0.25) is 0 Å². The van der Waals surface area contributed by atoms with E-state index in [1.807, 2.05) is 12.1 Å². The highest BCUT2D eigenvalue weighted by molar-refractivity contribution is 7.89. The third-order valence-electron chi connectivity index (χ3n) is 3.33. The number of rotatable bonds is 7.